The zero-order chi connectivity index (χ0) is 15.1. The van der Waals surface area contributed by atoms with Crippen LogP contribution in [-0.2, 0) is 11.3 Å². The quantitative estimate of drug-likeness (QED) is 0.795. The predicted molar refractivity (Wildman–Crippen MR) is 82.0 cm³/mol. The molecule has 0 aliphatic carbocycles. The van der Waals surface area contributed by atoms with Crippen molar-refractivity contribution in [3.63, 3.8) is 0 Å². The Bertz CT molecular complexity index is 466. The third kappa shape index (κ3) is 5.02. The number of amides is 1. The predicted octanol–water partition coefficient (Wildman–Crippen LogP) is 2.12. The van der Waals surface area contributed by atoms with Crippen LogP contribution in [0.5, 0.6) is 11.5 Å². The van der Waals surface area contributed by atoms with Crippen LogP contribution in [0.15, 0.2) is 16.6 Å². The molecule has 0 aliphatic heterocycles. The molecule has 1 aromatic rings. The maximum atomic E-state index is 11.5. The van der Waals surface area contributed by atoms with E-state index in [4.69, 9.17) is 4.74 Å². The second-order valence-electron chi connectivity index (χ2n) is 4.48. The molecular formula is C14H21BrN2O3. The van der Waals surface area contributed by atoms with E-state index in [9.17, 15) is 9.90 Å². The Hall–Kier alpha value is -1.27. The summed E-state index contributed by atoms with van der Waals surface area (Å²) in [5, 5.41) is 12.6. The highest BCUT2D eigenvalue weighted by molar-refractivity contribution is 9.10. The van der Waals surface area contributed by atoms with Gasteiger partial charge in [0.15, 0.2) is 11.5 Å². The number of nitrogens with one attached hydrogen (secondary N) is 1. The molecule has 0 saturated heterocycles. The molecule has 0 heterocycles. The average molecular weight is 345 g/mol. The van der Waals surface area contributed by atoms with E-state index in [1.54, 1.807) is 6.07 Å². The van der Waals surface area contributed by atoms with Gasteiger partial charge in [-0.05, 0) is 54.5 Å². The van der Waals surface area contributed by atoms with Gasteiger partial charge in [-0.2, -0.15) is 0 Å². The third-order valence-electron chi connectivity index (χ3n) is 2.63. The van der Waals surface area contributed by atoms with Gasteiger partial charge in [0, 0.05) is 13.1 Å². The largest absolute Gasteiger partial charge is 0.503 e. The minimum atomic E-state index is -0.00197. The van der Waals surface area contributed by atoms with E-state index < -0.39 is 0 Å². The first-order valence-electron chi connectivity index (χ1n) is 6.57. The number of aromatic hydroxyl groups is 1. The van der Waals surface area contributed by atoms with Crippen molar-refractivity contribution in [3.8, 4) is 11.5 Å². The fourth-order valence-corrected chi connectivity index (χ4v) is 2.34. The molecule has 2 N–H and O–H groups in total. The van der Waals surface area contributed by atoms with Crippen LogP contribution in [-0.4, -0.2) is 42.7 Å². The van der Waals surface area contributed by atoms with Gasteiger partial charge in [0.25, 0.3) is 0 Å². The SMILES string of the molecule is CCNC(=O)CN(C)Cc1cc(Br)c(O)c(OCC)c1. The van der Waals surface area contributed by atoms with Gasteiger partial charge in [-0.25, -0.2) is 0 Å². The van der Waals surface area contributed by atoms with Crippen LogP contribution in [0.1, 0.15) is 19.4 Å². The van der Waals surface area contributed by atoms with Gasteiger partial charge in [-0.3, -0.25) is 9.69 Å². The van der Waals surface area contributed by atoms with Crippen LogP contribution < -0.4 is 10.1 Å². The summed E-state index contributed by atoms with van der Waals surface area (Å²) in [6.07, 6.45) is 0. The fraction of sp³-hybridized carbons (Fsp3) is 0.500. The number of rotatable bonds is 7. The van der Waals surface area contributed by atoms with Crippen molar-refractivity contribution in [2.75, 3.05) is 26.7 Å². The van der Waals surface area contributed by atoms with Crippen molar-refractivity contribution in [2.24, 2.45) is 0 Å². The second kappa shape index (κ2) is 8.11. The first kappa shape index (κ1) is 16.8. The lowest BCUT2D eigenvalue weighted by molar-refractivity contribution is -0.121. The number of likely N-dealkylation sites (N-methyl/N-ethyl adjacent to an activating group) is 2. The normalized spacial score (nSPS) is 10.7. The van der Waals surface area contributed by atoms with Crippen molar-refractivity contribution in [1.29, 1.82) is 0 Å². The summed E-state index contributed by atoms with van der Waals surface area (Å²) in [4.78, 5) is 13.4. The molecule has 0 radical (unpaired) electrons. The van der Waals surface area contributed by atoms with Crippen LogP contribution in [0.4, 0.5) is 0 Å². The highest BCUT2D eigenvalue weighted by Gasteiger charge is 2.12. The van der Waals surface area contributed by atoms with E-state index in [2.05, 4.69) is 21.2 Å². The van der Waals surface area contributed by atoms with E-state index in [0.29, 0.717) is 36.5 Å². The van der Waals surface area contributed by atoms with E-state index >= 15 is 0 Å². The highest BCUT2D eigenvalue weighted by atomic mass is 79.9. The highest BCUT2D eigenvalue weighted by Crippen LogP contribution is 2.35. The Kier molecular flexibility index (Phi) is 6.81. The molecule has 0 atom stereocenters. The van der Waals surface area contributed by atoms with Crippen molar-refractivity contribution >= 4 is 21.8 Å². The number of carbonyl (C=O) groups excluding carboxylic acids is 1. The van der Waals surface area contributed by atoms with Gasteiger partial charge in [-0.15, -0.1) is 0 Å². The summed E-state index contributed by atoms with van der Waals surface area (Å²) in [5.74, 6) is 0.545. The van der Waals surface area contributed by atoms with E-state index in [1.807, 2.05) is 31.9 Å². The zero-order valence-electron chi connectivity index (χ0n) is 12.1. The summed E-state index contributed by atoms with van der Waals surface area (Å²) in [6.45, 7) is 5.79. The van der Waals surface area contributed by atoms with Crippen LogP contribution >= 0.6 is 15.9 Å². The second-order valence-corrected chi connectivity index (χ2v) is 5.34. The average Bonchev–Trinajstić information content (AvgIpc) is 2.35. The van der Waals surface area contributed by atoms with Gasteiger partial charge in [0.1, 0.15) is 0 Å². The summed E-state index contributed by atoms with van der Waals surface area (Å²) >= 11 is 3.30. The molecule has 0 saturated carbocycles. The first-order chi connectivity index (χ1) is 9.47. The molecule has 0 aromatic heterocycles. The topological polar surface area (TPSA) is 61.8 Å². The van der Waals surface area contributed by atoms with E-state index in [-0.39, 0.29) is 11.7 Å². The molecular weight excluding hydrogens is 324 g/mol. The Labute approximate surface area is 128 Å². The number of ether oxygens (including phenoxy) is 1. The molecule has 0 unspecified atom stereocenters. The van der Waals surface area contributed by atoms with Gasteiger partial charge >= 0.3 is 0 Å². The Balaban J connectivity index is 2.74. The Morgan fingerprint density at radius 3 is 2.75 bits per heavy atom. The monoisotopic (exact) mass is 344 g/mol. The van der Waals surface area contributed by atoms with E-state index in [0.717, 1.165) is 5.56 Å². The molecule has 6 heteroatoms. The minimum absolute atomic E-state index is 0.00197. The number of hydrogen-bond acceptors (Lipinski definition) is 4. The number of benzene rings is 1. The molecule has 0 aliphatic rings. The fourth-order valence-electron chi connectivity index (χ4n) is 1.85. The molecule has 0 spiro atoms. The lowest BCUT2D eigenvalue weighted by Gasteiger charge is -2.17. The number of hydrogen-bond donors (Lipinski definition) is 2. The summed E-state index contributed by atoms with van der Waals surface area (Å²) in [5.41, 5.74) is 0.963. The van der Waals surface area contributed by atoms with Crippen LogP contribution in [0, 0.1) is 0 Å². The minimum Gasteiger partial charge on any atom is -0.503 e. The van der Waals surface area contributed by atoms with E-state index in [1.165, 1.54) is 0 Å². The standard InChI is InChI=1S/C14H21BrN2O3/c1-4-16-13(18)9-17(3)8-10-6-11(15)14(19)12(7-10)20-5-2/h6-7,19H,4-5,8-9H2,1-3H3,(H,16,18). The van der Waals surface area contributed by atoms with Crippen LogP contribution in [0.2, 0.25) is 0 Å². The number of halogens is 1. The van der Waals surface area contributed by atoms with Gasteiger partial charge < -0.3 is 15.2 Å². The van der Waals surface area contributed by atoms with Gasteiger partial charge in [0.05, 0.1) is 17.6 Å². The molecule has 1 aromatic carbocycles. The smallest absolute Gasteiger partial charge is 0.234 e. The molecule has 0 fully saturated rings. The molecule has 0 bridgehead atoms. The summed E-state index contributed by atoms with van der Waals surface area (Å²) in [7, 11) is 1.87. The molecule has 112 valence electrons. The molecule has 1 amide bonds. The Morgan fingerprint density at radius 2 is 2.15 bits per heavy atom. The summed E-state index contributed by atoms with van der Waals surface area (Å²) in [6, 6.07) is 3.61. The van der Waals surface area contributed by atoms with Crippen LogP contribution in [0.25, 0.3) is 0 Å². The third-order valence-corrected chi connectivity index (χ3v) is 3.23. The molecule has 5 nitrogen and oxygen atoms in total. The van der Waals surface area contributed by atoms with Crippen molar-refractivity contribution in [3.05, 3.63) is 22.2 Å². The van der Waals surface area contributed by atoms with Crippen LogP contribution in [0.3, 0.4) is 0 Å². The molecule has 1 rings (SSSR count). The maximum Gasteiger partial charge on any atom is 0.234 e. The molecule has 20 heavy (non-hydrogen) atoms. The number of nitrogens with zero attached hydrogens (tertiary/aromatic N) is 1. The van der Waals surface area contributed by atoms with Crippen molar-refractivity contribution in [1.82, 2.24) is 10.2 Å². The Morgan fingerprint density at radius 1 is 1.45 bits per heavy atom. The lowest BCUT2D eigenvalue weighted by atomic mass is 10.2. The van der Waals surface area contributed by atoms with Gasteiger partial charge in [0.2, 0.25) is 5.91 Å². The number of carbonyl (C=O) groups is 1. The maximum absolute atomic E-state index is 11.5. The number of phenolic OH excluding ortho intramolecular Hbond substituents is 1. The lowest BCUT2D eigenvalue weighted by Crippen LogP contribution is -2.34. The summed E-state index contributed by atoms with van der Waals surface area (Å²) < 4.78 is 5.97. The van der Waals surface area contributed by atoms with Crippen molar-refractivity contribution < 1.29 is 14.6 Å². The van der Waals surface area contributed by atoms with Gasteiger partial charge in [-0.1, -0.05) is 0 Å². The number of phenols is 1. The zero-order valence-corrected chi connectivity index (χ0v) is 13.7. The first-order valence-corrected chi connectivity index (χ1v) is 7.36. The van der Waals surface area contributed by atoms with Crippen molar-refractivity contribution in [2.45, 2.75) is 20.4 Å².